The van der Waals surface area contributed by atoms with Gasteiger partial charge in [0.15, 0.2) is 5.82 Å². The average molecular weight is 380 g/mol. The minimum absolute atomic E-state index is 0.165. The van der Waals surface area contributed by atoms with Gasteiger partial charge in [-0.1, -0.05) is 23.2 Å². The van der Waals surface area contributed by atoms with E-state index in [2.05, 4.69) is 20.3 Å². The summed E-state index contributed by atoms with van der Waals surface area (Å²) in [6.45, 7) is 0. The van der Waals surface area contributed by atoms with E-state index < -0.39 is 0 Å². The molecule has 0 unspecified atom stereocenters. The summed E-state index contributed by atoms with van der Waals surface area (Å²) in [7, 11) is 4.77. The Morgan fingerprint density at radius 1 is 1.04 bits per heavy atom. The Bertz CT molecular complexity index is 937. The number of anilines is 2. The number of benzene rings is 1. The van der Waals surface area contributed by atoms with Crippen LogP contribution >= 0.6 is 23.2 Å². The van der Waals surface area contributed by atoms with Crippen LogP contribution in [0.1, 0.15) is 0 Å². The lowest BCUT2D eigenvalue weighted by Crippen LogP contribution is -2.02. The van der Waals surface area contributed by atoms with Gasteiger partial charge in [0.05, 0.1) is 30.0 Å². The Balaban J connectivity index is 2.35. The lowest BCUT2D eigenvalue weighted by Gasteiger charge is -2.15. The van der Waals surface area contributed by atoms with Crippen LogP contribution in [0.15, 0.2) is 18.3 Å². The summed E-state index contributed by atoms with van der Waals surface area (Å²) in [5, 5.41) is 4.40. The van der Waals surface area contributed by atoms with Gasteiger partial charge in [-0.15, -0.1) is 0 Å². The van der Waals surface area contributed by atoms with Crippen LogP contribution in [0.3, 0.4) is 0 Å². The smallest absolute Gasteiger partial charge is 0.220 e. The number of rotatable bonds is 4. The van der Waals surface area contributed by atoms with Crippen LogP contribution in [0, 0.1) is 0 Å². The normalized spacial score (nSPS) is 10.8. The molecule has 0 amide bonds. The molecule has 0 aliphatic carbocycles. The van der Waals surface area contributed by atoms with Gasteiger partial charge in [-0.25, -0.2) is 15.0 Å². The van der Waals surface area contributed by atoms with Crippen molar-refractivity contribution in [1.29, 1.82) is 0 Å². The van der Waals surface area contributed by atoms with Gasteiger partial charge >= 0.3 is 0 Å². The van der Waals surface area contributed by atoms with E-state index >= 15 is 0 Å². The predicted octanol–water partition coefficient (Wildman–Crippen LogP) is 3.64. The zero-order valence-corrected chi connectivity index (χ0v) is 15.2. The summed E-state index contributed by atoms with van der Waals surface area (Å²) in [6, 6.07) is 3.40. The number of halogens is 2. The first-order valence-corrected chi connectivity index (χ1v) is 7.97. The highest BCUT2D eigenvalue weighted by molar-refractivity contribution is 6.41. The molecule has 3 aromatic rings. The fraction of sp³-hybridized carbons (Fsp3) is 0.188. The first kappa shape index (κ1) is 17.3. The maximum absolute atomic E-state index is 6.47. The summed E-state index contributed by atoms with van der Waals surface area (Å²) >= 11 is 12.9. The second-order valence-corrected chi connectivity index (χ2v) is 5.81. The van der Waals surface area contributed by atoms with Crippen LogP contribution in [-0.2, 0) is 0 Å². The Hall–Kier alpha value is -2.51. The monoisotopic (exact) mass is 379 g/mol. The number of pyridine rings is 1. The molecule has 25 heavy (non-hydrogen) atoms. The van der Waals surface area contributed by atoms with E-state index in [1.54, 1.807) is 25.4 Å². The molecule has 0 saturated heterocycles. The van der Waals surface area contributed by atoms with Gasteiger partial charge in [-0.05, 0) is 6.07 Å². The molecule has 9 heteroatoms. The van der Waals surface area contributed by atoms with Crippen molar-refractivity contribution >= 4 is 45.9 Å². The number of hydrogen-bond acceptors (Lipinski definition) is 7. The summed E-state index contributed by atoms with van der Waals surface area (Å²) < 4.78 is 10.6. The molecule has 0 fully saturated rings. The van der Waals surface area contributed by atoms with Gasteiger partial charge in [0.25, 0.3) is 0 Å². The van der Waals surface area contributed by atoms with Gasteiger partial charge in [0.2, 0.25) is 5.95 Å². The zero-order valence-electron chi connectivity index (χ0n) is 13.7. The van der Waals surface area contributed by atoms with Crippen LogP contribution in [0.5, 0.6) is 11.5 Å². The molecular weight excluding hydrogens is 365 g/mol. The van der Waals surface area contributed by atoms with Crippen LogP contribution in [0.25, 0.3) is 22.2 Å². The number of ether oxygens (including phenoxy) is 2. The maximum Gasteiger partial charge on any atom is 0.220 e. The molecule has 3 rings (SSSR count). The zero-order chi connectivity index (χ0) is 18.1. The van der Waals surface area contributed by atoms with E-state index in [4.69, 9.17) is 38.4 Å². The molecule has 0 radical (unpaired) electrons. The third-order valence-corrected chi connectivity index (χ3v) is 4.40. The van der Waals surface area contributed by atoms with E-state index in [9.17, 15) is 0 Å². The standard InChI is InChI=1S/C16H15Cl2N5O2/c1-20-15-14-7(6-21-16(19)23-14)4-8(22-15)11-12(17)9(24-2)5-10(25-3)13(11)18/h4-6H,1-3H3,(H,20,22)(H2,19,21,23). The van der Waals surface area contributed by atoms with Gasteiger partial charge < -0.3 is 20.5 Å². The van der Waals surface area contributed by atoms with Crippen molar-refractivity contribution in [2.45, 2.75) is 0 Å². The summed E-state index contributed by atoms with van der Waals surface area (Å²) in [5.41, 5.74) is 7.29. The Kier molecular flexibility index (Phi) is 4.69. The second kappa shape index (κ2) is 6.78. The fourth-order valence-corrected chi connectivity index (χ4v) is 3.16. The predicted molar refractivity (Wildman–Crippen MR) is 99.9 cm³/mol. The van der Waals surface area contributed by atoms with E-state index in [0.29, 0.717) is 44.1 Å². The molecule has 0 spiro atoms. The van der Waals surface area contributed by atoms with Crippen molar-refractivity contribution < 1.29 is 9.47 Å². The van der Waals surface area contributed by atoms with Crippen molar-refractivity contribution in [1.82, 2.24) is 15.0 Å². The number of fused-ring (bicyclic) bond motifs is 1. The van der Waals surface area contributed by atoms with Gasteiger partial charge in [0, 0.05) is 30.3 Å². The molecule has 130 valence electrons. The highest BCUT2D eigenvalue weighted by Gasteiger charge is 2.21. The van der Waals surface area contributed by atoms with E-state index in [0.717, 1.165) is 5.39 Å². The lowest BCUT2D eigenvalue weighted by atomic mass is 10.1. The maximum atomic E-state index is 6.47. The average Bonchev–Trinajstić information content (AvgIpc) is 2.61. The lowest BCUT2D eigenvalue weighted by molar-refractivity contribution is 0.395. The molecule has 0 aliphatic heterocycles. The van der Waals surface area contributed by atoms with Crippen LogP contribution < -0.4 is 20.5 Å². The van der Waals surface area contributed by atoms with Crippen LogP contribution in [-0.4, -0.2) is 36.2 Å². The molecule has 0 saturated carbocycles. The SMILES string of the molecule is CNc1nc(-c2c(Cl)c(OC)cc(OC)c2Cl)cc2cnc(N)nc12. The molecule has 3 N–H and O–H groups in total. The first-order valence-electron chi connectivity index (χ1n) is 7.21. The molecule has 7 nitrogen and oxygen atoms in total. The number of aromatic nitrogens is 3. The Morgan fingerprint density at radius 3 is 2.24 bits per heavy atom. The number of nitrogens with two attached hydrogens (primary N) is 1. The minimum atomic E-state index is 0.165. The Labute approximate surface area is 154 Å². The summed E-state index contributed by atoms with van der Waals surface area (Å²) in [4.78, 5) is 12.8. The van der Waals surface area contributed by atoms with Gasteiger partial charge in [0.1, 0.15) is 17.0 Å². The van der Waals surface area contributed by atoms with Crippen molar-refractivity contribution in [2.24, 2.45) is 0 Å². The van der Waals surface area contributed by atoms with Gasteiger partial charge in [-0.2, -0.15) is 0 Å². The topological polar surface area (TPSA) is 95.2 Å². The first-order chi connectivity index (χ1) is 12.0. The number of nitrogens with one attached hydrogen (secondary N) is 1. The van der Waals surface area contributed by atoms with E-state index in [-0.39, 0.29) is 5.95 Å². The number of nitrogen functional groups attached to an aromatic ring is 1. The largest absolute Gasteiger partial charge is 0.495 e. The third-order valence-electron chi connectivity index (χ3n) is 3.65. The number of methoxy groups -OCH3 is 2. The van der Waals surface area contributed by atoms with Crippen molar-refractivity contribution in [3.63, 3.8) is 0 Å². The minimum Gasteiger partial charge on any atom is -0.495 e. The van der Waals surface area contributed by atoms with Crippen molar-refractivity contribution in [3.8, 4) is 22.8 Å². The van der Waals surface area contributed by atoms with Crippen LogP contribution in [0.2, 0.25) is 10.0 Å². The highest BCUT2D eigenvalue weighted by atomic mass is 35.5. The molecule has 1 aromatic carbocycles. The molecule has 2 heterocycles. The number of nitrogens with zero attached hydrogens (tertiary/aromatic N) is 3. The summed E-state index contributed by atoms with van der Waals surface area (Å²) in [5.74, 6) is 1.55. The molecule has 2 aromatic heterocycles. The van der Waals surface area contributed by atoms with Crippen molar-refractivity contribution in [3.05, 3.63) is 28.4 Å². The molecular formula is C16H15Cl2N5O2. The van der Waals surface area contributed by atoms with Crippen LogP contribution in [0.4, 0.5) is 11.8 Å². The second-order valence-electron chi connectivity index (χ2n) is 5.06. The Morgan fingerprint density at radius 2 is 1.68 bits per heavy atom. The van der Waals surface area contributed by atoms with E-state index in [1.165, 1.54) is 14.2 Å². The fourth-order valence-electron chi connectivity index (χ4n) is 2.47. The molecule has 0 aliphatic rings. The third kappa shape index (κ3) is 2.96. The molecule has 0 atom stereocenters. The van der Waals surface area contributed by atoms with E-state index in [1.807, 2.05) is 0 Å². The molecule has 0 bridgehead atoms. The quantitative estimate of drug-likeness (QED) is 0.714. The number of hydrogen-bond donors (Lipinski definition) is 2. The van der Waals surface area contributed by atoms with Gasteiger partial charge in [-0.3, -0.25) is 0 Å². The highest BCUT2D eigenvalue weighted by Crippen LogP contribution is 2.46. The van der Waals surface area contributed by atoms with Crippen molar-refractivity contribution in [2.75, 3.05) is 32.3 Å². The summed E-state index contributed by atoms with van der Waals surface area (Å²) in [6.07, 6.45) is 1.61.